The minimum Gasteiger partial charge on any atom is -0.135 e. The van der Waals surface area contributed by atoms with Crippen LogP contribution < -0.4 is 0 Å². The van der Waals surface area contributed by atoms with Crippen LogP contribution in [0.2, 0.25) is 0 Å². The highest BCUT2D eigenvalue weighted by Gasteiger charge is 2.21. The van der Waals surface area contributed by atoms with Gasteiger partial charge in [-0.15, -0.1) is 11.3 Å². The van der Waals surface area contributed by atoms with Crippen LogP contribution in [-0.2, 0) is 6.42 Å². The summed E-state index contributed by atoms with van der Waals surface area (Å²) in [6.07, 6.45) is 3.61. The Labute approximate surface area is 267 Å². The van der Waals surface area contributed by atoms with Crippen molar-refractivity contribution in [3.63, 3.8) is 0 Å². The Kier molecular flexibility index (Phi) is 6.21. The van der Waals surface area contributed by atoms with Gasteiger partial charge in [0.2, 0.25) is 0 Å². The first kappa shape index (κ1) is 26.4. The third kappa shape index (κ3) is 4.19. The van der Waals surface area contributed by atoms with Gasteiger partial charge in [-0.05, 0) is 108 Å². The van der Waals surface area contributed by atoms with Gasteiger partial charge in [0.15, 0.2) is 0 Å². The number of rotatable bonds is 6. The van der Waals surface area contributed by atoms with Crippen LogP contribution in [0.25, 0.3) is 85.9 Å². The van der Waals surface area contributed by atoms with Crippen molar-refractivity contribution >= 4 is 63.8 Å². The van der Waals surface area contributed by atoms with Gasteiger partial charge < -0.3 is 0 Å². The summed E-state index contributed by atoms with van der Waals surface area (Å²) in [5, 5.41) is 10.6. The lowest BCUT2D eigenvalue weighted by molar-refractivity contribution is 0.795. The third-order valence-electron chi connectivity index (χ3n) is 9.60. The van der Waals surface area contributed by atoms with Crippen molar-refractivity contribution in [1.82, 2.24) is 0 Å². The van der Waals surface area contributed by atoms with E-state index in [1.165, 1.54) is 104 Å². The van der Waals surface area contributed by atoms with Crippen molar-refractivity contribution in [2.75, 3.05) is 0 Å². The predicted octanol–water partition coefficient (Wildman–Crippen LogP) is 13.3. The van der Waals surface area contributed by atoms with Crippen molar-refractivity contribution in [1.29, 1.82) is 0 Å². The Morgan fingerprint density at radius 1 is 0.467 bits per heavy atom. The van der Waals surface area contributed by atoms with Gasteiger partial charge in [0, 0.05) is 20.2 Å². The number of aryl methyl sites for hydroxylation is 1. The van der Waals surface area contributed by atoms with Crippen molar-refractivity contribution in [3.05, 3.63) is 145 Å². The second-order valence-corrected chi connectivity index (χ2v) is 13.4. The maximum absolute atomic E-state index is 2.44. The smallest absolute Gasteiger partial charge is 0.0361 e. The summed E-state index contributed by atoms with van der Waals surface area (Å²) in [4.78, 5) is 0. The molecule has 0 amide bonds. The highest BCUT2D eigenvalue weighted by atomic mass is 32.1. The SMILES string of the molecule is CCCCc1ccc(-c2cccc(-c3c4ccccc4c(-c4cc5cccc6sc7cccc4c7c56)c4ccccc34)c2)cc1. The second kappa shape index (κ2) is 10.6. The average Bonchev–Trinajstić information content (AvgIpc) is 3.49. The maximum Gasteiger partial charge on any atom is 0.0361 e. The fourth-order valence-corrected chi connectivity index (χ4v) is 8.67. The summed E-state index contributed by atoms with van der Waals surface area (Å²) in [6.45, 7) is 2.26. The van der Waals surface area contributed by atoms with E-state index in [0.29, 0.717) is 0 Å². The zero-order valence-electron chi connectivity index (χ0n) is 25.3. The lowest BCUT2D eigenvalue weighted by atomic mass is 9.83. The van der Waals surface area contributed by atoms with Gasteiger partial charge in [-0.25, -0.2) is 0 Å². The Bertz CT molecular complexity index is 2450. The van der Waals surface area contributed by atoms with Crippen molar-refractivity contribution in [2.24, 2.45) is 0 Å². The second-order valence-electron chi connectivity index (χ2n) is 12.3. The summed E-state index contributed by atoms with van der Waals surface area (Å²) in [5.74, 6) is 0. The number of hydrogen-bond acceptors (Lipinski definition) is 1. The Balaban J connectivity index is 1.31. The molecule has 214 valence electrons. The maximum atomic E-state index is 2.44. The van der Waals surface area contributed by atoms with E-state index < -0.39 is 0 Å². The van der Waals surface area contributed by atoms with Crippen LogP contribution in [0.5, 0.6) is 0 Å². The monoisotopic (exact) mass is 592 g/mol. The highest BCUT2D eigenvalue weighted by Crippen LogP contribution is 2.49. The standard InChI is InChI=1S/C44H32S/c1-2-3-11-28-22-24-29(25-23-28)30-12-8-13-31(26-30)41-33-15-4-6-17-35(33)43(36-18-7-5-16-34(36)41)38-27-32-14-9-20-39-42(32)44-37(38)19-10-21-40(44)45-39/h4-10,12-27H,2-3,11H2,1H3. The molecule has 1 aromatic heterocycles. The number of fused-ring (bicyclic) bond motifs is 2. The van der Waals surface area contributed by atoms with Crippen LogP contribution in [0.4, 0.5) is 0 Å². The van der Waals surface area contributed by atoms with E-state index in [1.807, 2.05) is 11.3 Å². The van der Waals surface area contributed by atoms with Gasteiger partial charge in [0.05, 0.1) is 0 Å². The lowest BCUT2D eigenvalue weighted by Crippen LogP contribution is -1.92. The van der Waals surface area contributed by atoms with Crippen molar-refractivity contribution in [2.45, 2.75) is 26.2 Å². The molecule has 0 saturated heterocycles. The molecule has 0 aliphatic rings. The van der Waals surface area contributed by atoms with Gasteiger partial charge >= 0.3 is 0 Å². The third-order valence-corrected chi connectivity index (χ3v) is 10.7. The molecule has 0 bridgehead atoms. The van der Waals surface area contributed by atoms with Gasteiger partial charge in [0.1, 0.15) is 0 Å². The fraction of sp³-hybridized carbons (Fsp3) is 0.0909. The van der Waals surface area contributed by atoms with E-state index in [1.54, 1.807) is 0 Å². The van der Waals surface area contributed by atoms with Crippen LogP contribution in [0.1, 0.15) is 25.3 Å². The molecule has 8 aromatic carbocycles. The number of unbranched alkanes of at least 4 members (excludes halogenated alkanes) is 1. The predicted molar refractivity (Wildman–Crippen MR) is 198 cm³/mol. The van der Waals surface area contributed by atoms with Crippen molar-refractivity contribution < 1.29 is 0 Å². The van der Waals surface area contributed by atoms with Crippen molar-refractivity contribution in [3.8, 4) is 33.4 Å². The molecule has 0 N–H and O–H groups in total. The molecular formula is C44H32S. The molecular weight excluding hydrogens is 561 g/mol. The average molecular weight is 593 g/mol. The fourth-order valence-electron chi connectivity index (χ4n) is 7.51. The van der Waals surface area contributed by atoms with E-state index in [2.05, 4.69) is 146 Å². The molecule has 0 spiro atoms. The van der Waals surface area contributed by atoms with Gasteiger partial charge in [-0.1, -0.05) is 129 Å². The summed E-state index contributed by atoms with van der Waals surface area (Å²) in [7, 11) is 0. The van der Waals surface area contributed by atoms with Gasteiger partial charge in [0.25, 0.3) is 0 Å². The molecule has 0 fully saturated rings. The van der Waals surface area contributed by atoms with E-state index in [4.69, 9.17) is 0 Å². The minimum atomic E-state index is 1.15. The van der Waals surface area contributed by atoms with Gasteiger partial charge in [-0.2, -0.15) is 0 Å². The Morgan fingerprint density at radius 3 is 1.78 bits per heavy atom. The zero-order valence-corrected chi connectivity index (χ0v) is 26.1. The Morgan fingerprint density at radius 2 is 1.07 bits per heavy atom. The molecule has 45 heavy (non-hydrogen) atoms. The van der Waals surface area contributed by atoms with Crippen LogP contribution >= 0.6 is 11.3 Å². The molecule has 0 atom stereocenters. The normalized spacial score (nSPS) is 11.9. The molecule has 0 saturated carbocycles. The van der Waals surface area contributed by atoms with E-state index in [0.717, 1.165) is 6.42 Å². The van der Waals surface area contributed by atoms with Crippen LogP contribution in [0.3, 0.4) is 0 Å². The molecule has 0 aliphatic carbocycles. The lowest BCUT2D eigenvalue weighted by Gasteiger charge is -2.19. The summed E-state index contributed by atoms with van der Waals surface area (Å²) in [6, 6.07) is 52.4. The molecule has 0 nitrogen and oxygen atoms in total. The summed E-state index contributed by atoms with van der Waals surface area (Å²) >= 11 is 1.90. The van der Waals surface area contributed by atoms with E-state index in [9.17, 15) is 0 Å². The van der Waals surface area contributed by atoms with E-state index >= 15 is 0 Å². The first-order valence-corrected chi connectivity index (χ1v) is 16.9. The molecule has 1 heteroatoms. The molecule has 1 heterocycles. The largest absolute Gasteiger partial charge is 0.135 e. The molecule has 9 rings (SSSR count). The summed E-state index contributed by atoms with van der Waals surface area (Å²) in [5.41, 5.74) is 9.14. The van der Waals surface area contributed by atoms with Crippen LogP contribution in [-0.4, -0.2) is 0 Å². The minimum absolute atomic E-state index is 1.15. The number of hydrogen-bond donors (Lipinski definition) is 0. The number of thiophene rings is 1. The van der Waals surface area contributed by atoms with Crippen LogP contribution in [0, 0.1) is 0 Å². The molecule has 0 aliphatic heterocycles. The first-order chi connectivity index (χ1) is 22.3. The quantitative estimate of drug-likeness (QED) is 0.133. The Hall–Kier alpha value is -4.98. The van der Waals surface area contributed by atoms with Crippen LogP contribution in [0.15, 0.2) is 140 Å². The molecule has 9 aromatic rings. The molecule has 0 radical (unpaired) electrons. The molecule has 0 unspecified atom stereocenters. The topological polar surface area (TPSA) is 0 Å². The van der Waals surface area contributed by atoms with E-state index in [-0.39, 0.29) is 0 Å². The van der Waals surface area contributed by atoms with Gasteiger partial charge in [-0.3, -0.25) is 0 Å². The number of benzene rings is 8. The highest BCUT2D eigenvalue weighted by molar-refractivity contribution is 7.26. The summed E-state index contributed by atoms with van der Waals surface area (Å²) < 4.78 is 2.73. The zero-order chi connectivity index (χ0) is 29.9. The first-order valence-electron chi connectivity index (χ1n) is 16.1.